The molecule has 31 heavy (non-hydrogen) atoms. The van der Waals surface area contributed by atoms with E-state index in [4.69, 9.17) is 16.3 Å². The third kappa shape index (κ3) is 5.13. The van der Waals surface area contributed by atoms with Gasteiger partial charge in [0.25, 0.3) is 5.91 Å². The number of ether oxygens (including phenoxy) is 1. The van der Waals surface area contributed by atoms with E-state index in [1.165, 1.54) is 29.6 Å². The maximum absolute atomic E-state index is 13.3. The normalized spacial score (nSPS) is 15.5. The second kappa shape index (κ2) is 9.05. The zero-order valence-electron chi connectivity index (χ0n) is 16.5. The Morgan fingerprint density at radius 2 is 1.77 bits per heavy atom. The lowest BCUT2D eigenvalue weighted by Gasteiger charge is -2.26. The standard InChI is InChI=1S/C20H20ClF3N2O4S/c1-30-17-8-5-13(11-18(17)31(28,29)26-9-3-2-4-10-26)19(27)25-16-7-6-14(21)12-15(16)20(22,23)24/h5-8,11-12H,2-4,9-10H2,1H3,(H,25,27). The van der Waals surface area contributed by atoms with Crippen molar-refractivity contribution < 1.29 is 31.1 Å². The lowest BCUT2D eigenvalue weighted by atomic mass is 10.1. The molecular formula is C20H20ClF3N2O4S. The molecule has 1 amide bonds. The van der Waals surface area contributed by atoms with E-state index in [1.807, 2.05) is 0 Å². The number of alkyl halides is 3. The number of sulfonamides is 1. The molecule has 0 radical (unpaired) electrons. The van der Waals surface area contributed by atoms with Gasteiger partial charge >= 0.3 is 6.18 Å². The Morgan fingerprint density at radius 3 is 2.39 bits per heavy atom. The second-order valence-corrected chi connectivity index (χ2v) is 9.31. The summed E-state index contributed by atoms with van der Waals surface area (Å²) in [6, 6.07) is 6.66. The van der Waals surface area contributed by atoms with Gasteiger partial charge in [-0.25, -0.2) is 8.42 Å². The summed E-state index contributed by atoms with van der Waals surface area (Å²) in [6.07, 6.45) is -2.37. The Labute approximate surface area is 183 Å². The fourth-order valence-electron chi connectivity index (χ4n) is 3.32. The number of nitrogens with zero attached hydrogens (tertiary/aromatic N) is 1. The van der Waals surface area contributed by atoms with Crippen LogP contribution < -0.4 is 10.1 Å². The van der Waals surface area contributed by atoms with Crippen LogP contribution in [0, 0.1) is 0 Å². The number of hydrogen-bond donors (Lipinski definition) is 1. The van der Waals surface area contributed by atoms with Gasteiger partial charge in [-0.3, -0.25) is 4.79 Å². The van der Waals surface area contributed by atoms with Gasteiger partial charge in [-0.2, -0.15) is 17.5 Å². The summed E-state index contributed by atoms with van der Waals surface area (Å²) in [4.78, 5) is 12.5. The van der Waals surface area contributed by atoms with Crippen LogP contribution in [0.3, 0.4) is 0 Å². The number of hydrogen-bond acceptors (Lipinski definition) is 4. The number of carbonyl (C=O) groups is 1. The molecular weight excluding hydrogens is 457 g/mol. The van der Waals surface area contributed by atoms with E-state index < -0.39 is 33.4 Å². The maximum Gasteiger partial charge on any atom is 0.418 e. The van der Waals surface area contributed by atoms with Crippen LogP contribution in [0.1, 0.15) is 35.2 Å². The summed E-state index contributed by atoms with van der Waals surface area (Å²) >= 11 is 5.66. The van der Waals surface area contributed by atoms with E-state index in [0.717, 1.165) is 31.4 Å². The van der Waals surface area contributed by atoms with Crippen LogP contribution in [-0.4, -0.2) is 38.8 Å². The molecule has 0 saturated carbocycles. The first-order valence-electron chi connectivity index (χ1n) is 9.40. The van der Waals surface area contributed by atoms with E-state index in [1.54, 1.807) is 0 Å². The lowest BCUT2D eigenvalue weighted by molar-refractivity contribution is -0.136. The number of anilines is 1. The fraction of sp³-hybridized carbons (Fsp3) is 0.350. The number of rotatable bonds is 5. The molecule has 2 aromatic rings. The predicted molar refractivity (Wildman–Crippen MR) is 110 cm³/mol. The summed E-state index contributed by atoms with van der Waals surface area (Å²) in [5.41, 5.74) is -1.72. The van der Waals surface area contributed by atoms with Crippen molar-refractivity contribution in [3.05, 3.63) is 52.5 Å². The number of methoxy groups -OCH3 is 1. The summed E-state index contributed by atoms with van der Waals surface area (Å²) in [5, 5.41) is 2.05. The summed E-state index contributed by atoms with van der Waals surface area (Å²) < 4.78 is 72.5. The number of carbonyl (C=O) groups excluding carboxylic acids is 1. The third-order valence-electron chi connectivity index (χ3n) is 4.89. The van der Waals surface area contributed by atoms with Crippen molar-refractivity contribution in [3.8, 4) is 5.75 Å². The van der Waals surface area contributed by atoms with E-state index in [2.05, 4.69) is 5.32 Å². The molecule has 1 aliphatic heterocycles. The highest BCUT2D eigenvalue weighted by molar-refractivity contribution is 7.89. The van der Waals surface area contributed by atoms with Crippen molar-refractivity contribution in [1.29, 1.82) is 0 Å². The van der Waals surface area contributed by atoms with E-state index in [0.29, 0.717) is 19.2 Å². The van der Waals surface area contributed by atoms with Crippen LogP contribution in [0.4, 0.5) is 18.9 Å². The van der Waals surface area contributed by atoms with Crippen molar-refractivity contribution in [1.82, 2.24) is 4.31 Å². The third-order valence-corrected chi connectivity index (χ3v) is 7.05. The molecule has 0 aromatic heterocycles. The Kier molecular flexibility index (Phi) is 6.82. The minimum absolute atomic E-state index is 0.0459. The van der Waals surface area contributed by atoms with Crippen LogP contribution in [0.5, 0.6) is 5.75 Å². The molecule has 0 spiro atoms. The minimum atomic E-state index is -4.74. The summed E-state index contributed by atoms with van der Waals surface area (Å²) in [6.45, 7) is 0.698. The predicted octanol–water partition coefficient (Wildman–Crippen LogP) is 4.79. The molecule has 1 N–H and O–H groups in total. The zero-order valence-corrected chi connectivity index (χ0v) is 18.1. The molecule has 2 aromatic carbocycles. The summed E-state index contributed by atoms with van der Waals surface area (Å²) in [5.74, 6) is -0.852. The largest absolute Gasteiger partial charge is 0.495 e. The Hall–Kier alpha value is -2.30. The number of benzene rings is 2. The molecule has 6 nitrogen and oxygen atoms in total. The molecule has 1 saturated heterocycles. The number of nitrogens with one attached hydrogen (secondary N) is 1. The molecule has 11 heteroatoms. The molecule has 1 fully saturated rings. The van der Waals surface area contributed by atoms with Crippen LogP contribution in [0.25, 0.3) is 0 Å². The van der Waals surface area contributed by atoms with Crippen LogP contribution in [-0.2, 0) is 16.2 Å². The van der Waals surface area contributed by atoms with Gasteiger partial charge in [-0.15, -0.1) is 0 Å². The average molecular weight is 477 g/mol. The molecule has 168 valence electrons. The molecule has 3 rings (SSSR count). The van der Waals surface area contributed by atoms with Gasteiger partial charge in [-0.05, 0) is 49.2 Å². The van der Waals surface area contributed by atoms with Crippen molar-refractivity contribution in [2.45, 2.75) is 30.3 Å². The van der Waals surface area contributed by atoms with Crippen molar-refractivity contribution in [3.63, 3.8) is 0 Å². The Morgan fingerprint density at radius 1 is 1.10 bits per heavy atom. The van der Waals surface area contributed by atoms with Gasteiger partial charge in [-0.1, -0.05) is 18.0 Å². The van der Waals surface area contributed by atoms with Gasteiger partial charge in [0.05, 0.1) is 18.4 Å². The SMILES string of the molecule is COc1ccc(C(=O)Nc2ccc(Cl)cc2C(F)(F)F)cc1S(=O)(=O)N1CCCCC1. The first-order chi connectivity index (χ1) is 14.5. The zero-order chi connectivity index (χ0) is 22.8. The van der Waals surface area contributed by atoms with E-state index in [9.17, 15) is 26.4 Å². The van der Waals surface area contributed by atoms with Crippen LogP contribution in [0.15, 0.2) is 41.3 Å². The highest BCUT2D eigenvalue weighted by Gasteiger charge is 2.35. The van der Waals surface area contributed by atoms with Crippen molar-refractivity contribution in [2.75, 3.05) is 25.5 Å². The highest BCUT2D eigenvalue weighted by atomic mass is 35.5. The van der Waals surface area contributed by atoms with Gasteiger partial charge in [0.2, 0.25) is 10.0 Å². The van der Waals surface area contributed by atoms with Gasteiger partial charge in [0, 0.05) is 23.7 Å². The Bertz CT molecular complexity index is 1080. The Balaban J connectivity index is 1.96. The lowest BCUT2D eigenvalue weighted by Crippen LogP contribution is -2.35. The number of halogens is 4. The highest BCUT2D eigenvalue weighted by Crippen LogP contribution is 2.37. The molecule has 1 heterocycles. The maximum atomic E-state index is 13.3. The van der Waals surface area contributed by atoms with Gasteiger partial charge in [0.1, 0.15) is 10.6 Å². The van der Waals surface area contributed by atoms with Gasteiger partial charge < -0.3 is 10.1 Å². The molecule has 0 unspecified atom stereocenters. The molecule has 0 atom stereocenters. The molecule has 1 aliphatic rings. The molecule has 0 bridgehead atoms. The first-order valence-corrected chi connectivity index (χ1v) is 11.2. The topological polar surface area (TPSA) is 75.7 Å². The fourth-order valence-corrected chi connectivity index (χ4v) is 5.19. The summed E-state index contributed by atoms with van der Waals surface area (Å²) in [7, 11) is -2.64. The van der Waals surface area contributed by atoms with E-state index in [-0.39, 0.29) is 21.2 Å². The minimum Gasteiger partial charge on any atom is -0.495 e. The van der Waals surface area contributed by atoms with Crippen molar-refractivity contribution >= 4 is 33.2 Å². The monoisotopic (exact) mass is 476 g/mol. The molecule has 0 aliphatic carbocycles. The smallest absolute Gasteiger partial charge is 0.418 e. The number of amides is 1. The van der Waals surface area contributed by atoms with Crippen LogP contribution >= 0.6 is 11.6 Å². The average Bonchev–Trinajstić information content (AvgIpc) is 2.74. The first kappa shape index (κ1) is 23.4. The van der Waals surface area contributed by atoms with Crippen LogP contribution in [0.2, 0.25) is 5.02 Å². The second-order valence-electron chi connectivity index (χ2n) is 6.97. The van der Waals surface area contributed by atoms with Gasteiger partial charge in [0.15, 0.2) is 0 Å². The quantitative estimate of drug-likeness (QED) is 0.673. The van der Waals surface area contributed by atoms with Crippen molar-refractivity contribution in [2.24, 2.45) is 0 Å². The van der Waals surface area contributed by atoms with E-state index >= 15 is 0 Å². The number of piperidine rings is 1.